The van der Waals surface area contributed by atoms with Gasteiger partial charge in [-0.2, -0.15) is 26.3 Å². The zero-order chi connectivity index (χ0) is 107. The second kappa shape index (κ2) is 57.8. The number of ether oxygens (including phenoxy) is 2. The van der Waals surface area contributed by atoms with E-state index in [1.165, 1.54) is 158 Å². The number of phenolic OH excluding ortho intramolecular Hbond substituents is 1. The second-order valence-corrected chi connectivity index (χ2v) is 51.4. The van der Waals surface area contributed by atoms with Crippen molar-refractivity contribution in [2.75, 3.05) is 191 Å². The number of likely N-dealkylation sites (tertiary alicyclic amines) is 9. The minimum Gasteiger partial charge on any atom is -0.508 e. The van der Waals surface area contributed by atoms with E-state index in [4.69, 9.17) is 44.3 Å². The molecule has 4 atom stereocenters. The van der Waals surface area contributed by atoms with Gasteiger partial charge in [-0.25, -0.2) is 0 Å². The molecule has 0 unspecified atom stereocenters. The number of benzene rings is 6. The molecule has 0 aromatic heterocycles. The SMILES string of the molecule is CC(C)(C)N1CCC(NCCc2ccc(C(F)(F)F)cc2)CC1.CC(C)(C)N1CCC(NCCc2ccc(Cl)cc2)CC1.CC(C)(C)N1CCC(NCCc2ccc(O)cc2)CC1.CC(C)(C)N1C[C@H]2CN(CC(F)(F)F)C[C@H]2C1.CC(C)(C)N1C[C@H]2CN(CCOCc3ccc(Cl)cc3)C[C@H]2C1.CN(CCc1ccc(Cl)cc1)C1CCN(C(C)(C)C)CC1.COc1ccc(CCN(C)C2CCN(C(C)(C)C)CC2)cc1. The molecule has 6 aromatic carbocycles. The number of aromatic hydroxyl groups is 1. The highest BCUT2D eigenvalue weighted by Crippen LogP contribution is 2.39. The van der Waals surface area contributed by atoms with Gasteiger partial charge in [0.05, 0.1) is 32.4 Å². The van der Waals surface area contributed by atoms with Crippen molar-refractivity contribution < 1.29 is 40.9 Å². The van der Waals surface area contributed by atoms with E-state index in [0.717, 1.165) is 179 Å². The maximum atomic E-state index is 12.5. The number of piperidine rings is 5. The van der Waals surface area contributed by atoms with Crippen LogP contribution in [0.5, 0.6) is 11.5 Å². The standard InChI is InChI=1S/C19H29ClN2O.C19H32N2O.C18H29ClN2.C18H27F3N2.C17H27ClN2.C17H28N2O.C12H21F3N2/c1-19(2,3)22-12-16-10-21(11-17(16)13-22)8-9-23-14-15-4-6-18(20)7-5-15;1-19(2,3)21-14-11-17(12-15-21)20(4)13-10-16-6-8-18(22-5)9-7-16;1-18(2,3)21-13-10-17(11-14-21)20(4)12-9-15-5-7-16(19)8-6-15;1-17(2,3)23-12-9-16(10-13-23)22-11-8-14-4-6-15(7-5-14)18(19,20)21;1-17(2,3)20-12-9-16(10-13-20)19-11-8-14-4-6-15(18)7-5-14;1-17(2,3)19-12-9-15(10-13-19)18-11-8-14-4-6-16(20)7-5-14;1-11(2,3)17-6-9-4-16(5-10(9)7-17)8-12(13,14)15/h4-7,16-17H,8-14H2,1-3H3;6-9,17H,10-15H2,1-5H3;5-8,17H,9-14H2,1-4H3;4-7,16,22H,8-13H2,1-3H3;4-7,16,19H,8-13H2,1-3H3;4-7,15,18,20H,8-13H2,1-3H3;9-10H,4-8H2,1-3H3/t16-,17+;;;;;;9-,10+. The largest absolute Gasteiger partial charge is 0.508 e. The molecule has 15 rings (SSSR count). The zero-order valence-corrected chi connectivity index (χ0v) is 96.6. The third-order valence-electron chi connectivity index (χ3n) is 31.8. The molecule has 9 saturated heterocycles. The Morgan fingerprint density at radius 2 is 0.589 bits per heavy atom. The van der Waals surface area contributed by atoms with E-state index in [-0.39, 0.29) is 11.1 Å². The molecule has 6 aromatic rings. The van der Waals surface area contributed by atoms with E-state index in [9.17, 15) is 31.4 Å². The van der Waals surface area contributed by atoms with Crippen LogP contribution in [0.1, 0.15) is 249 Å². The highest BCUT2D eigenvalue weighted by molar-refractivity contribution is 6.31. The van der Waals surface area contributed by atoms with Gasteiger partial charge in [0.15, 0.2) is 0 Å². The van der Waals surface area contributed by atoms with Gasteiger partial charge in [-0.05, 0) is 405 Å². The van der Waals surface area contributed by atoms with Crippen LogP contribution in [-0.2, 0) is 49.6 Å². The average molecular weight is 2100 g/mol. The molecule has 0 amide bonds. The Kier molecular flexibility index (Phi) is 49.2. The Labute approximate surface area is 895 Å². The van der Waals surface area contributed by atoms with E-state index < -0.39 is 24.5 Å². The summed E-state index contributed by atoms with van der Waals surface area (Å²) in [4.78, 5) is 27.2. The summed E-state index contributed by atoms with van der Waals surface area (Å²) in [5.41, 5.74) is 8.87. The first-order chi connectivity index (χ1) is 68.4. The lowest BCUT2D eigenvalue weighted by Crippen LogP contribution is -2.50. The molecule has 0 aliphatic carbocycles. The molecule has 9 heterocycles. The maximum absolute atomic E-state index is 12.5. The van der Waals surface area contributed by atoms with Crippen molar-refractivity contribution in [3.8, 4) is 11.5 Å². The number of halogens is 9. The Morgan fingerprint density at radius 1 is 0.329 bits per heavy atom. The molecule has 26 heteroatoms. The molecule has 0 radical (unpaired) electrons. The highest BCUT2D eigenvalue weighted by atomic mass is 35.5. The molecule has 0 saturated carbocycles. The smallest absolute Gasteiger partial charge is 0.416 e. The van der Waals surface area contributed by atoms with Gasteiger partial charge in [0.25, 0.3) is 0 Å². The summed E-state index contributed by atoms with van der Waals surface area (Å²) >= 11 is 17.7. The van der Waals surface area contributed by atoms with Gasteiger partial charge in [-0.1, -0.05) is 108 Å². The van der Waals surface area contributed by atoms with Gasteiger partial charge in [-0.3, -0.25) is 39.2 Å². The Morgan fingerprint density at radius 3 is 0.870 bits per heavy atom. The number of alkyl halides is 6. The Bertz CT molecular complexity index is 4480. The van der Waals surface area contributed by atoms with Crippen molar-refractivity contribution in [2.45, 2.75) is 330 Å². The quantitative estimate of drug-likeness (QED) is 0.0290. The molecule has 146 heavy (non-hydrogen) atoms. The van der Waals surface area contributed by atoms with Crippen LogP contribution in [0, 0.1) is 23.7 Å². The number of rotatable bonds is 27. The van der Waals surface area contributed by atoms with Crippen LogP contribution in [0.25, 0.3) is 0 Å². The molecule has 17 nitrogen and oxygen atoms in total. The predicted octanol–water partition coefficient (Wildman–Crippen LogP) is 23.9. The molecule has 824 valence electrons. The molecular weight excluding hydrogens is 1910 g/mol. The second-order valence-electron chi connectivity index (χ2n) is 50.1. The van der Waals surface area contributed by atoms with Crippen LogP contribution in [-0.4, -0.2) is 326 Å². The number of hydrogen-bond acceptors (Lipinski definition) is 17. The Hall–Kier alpha value is -5.23. The number of likely N-dealkylation sites (N-methyl/N-ethyl adjacent to an activating group) is 2. The molecular formula is C120H193Cl3F6N14O3. The molecule has 9 fully saturated rings. The lowest BCUT2D eigenvalue weighted by Gasteiger charge is -2.43. The van der Waals surface area contributed by atoms with E-state index in [0.29, 0.717) is 83.1 Å². The summed E-state index contributed by atoms with van der Waals surface area (Å²) in [7, 11) is 6.26. The van der Waals surface area contributed by atoms with Crippen molar-refractivity contribution in [3.63, 3.8) is 0 Å². The van der Waals surface area contributed by atoms with E-state index in [2.05, 4.69) is 273 Å². The number of nitrogens with zero attached hydrogens (tertiary/aromatic N) is 11. The molecule has 9 aliphatic heterocycles. The average Bonchev–Trinajstić information content (AvgIpc) is 1.65. The summed E-state index contributed by atoms with van der Waals surface area (Å²) in [6.07, 6.45) is 9.20. The normalized spacial score (nSPS) is 21.1. The minimum absolute atomic E-state index is 0.138. The van der Waals surface area contributed by atoms with Gasteiger partial charge in [-0.15, -0.1) is 0 Å². The van der Waals surface area contributed by atoms with Crippen molar-refractivity contribution in [3.05, 3.63) is 200 Å². The van der Waals surface area contributed by atoms with Gasteiger partial charge in [0, 0.05) is 221 Å². The Balaban J connectivity index is 0.000000190. The summed E-state index contributed by atoms with van der Waals surface area (Å²) < 4.78 is 85.5. The minimum atomic E-state index is -4.25. The highest BCUT2D eigenvalue weighted by Gasteiger charge is 2.47. The number of fused-ring (bicyclic) bond motifs is 2. The topological polar surface area (TPSA) is 110 Å². The predicted molar refractivity (Wildman–Crippen MR) is 602 cm³/mol. The van der Waals surface area contributed by atoms with E-state index >= 15 is 0 Å². The summed E-state index contributed by atoms with van der Waals surface area (Å²) in [6.45, 7) is 74.9. The van der Waals surface area contributed by atoms with Crippen LogP contribution < -0.4 is 20.7 Å². The van der Waals surface area contributed by atoms with Crippen LogP contribution in [0.2, 0.25) is 15.1 Å². The van der Waals surface area contributed by atoms with E-state index in [1.807, 2.05) is 60.7 Å². The summed E-state index contributed by atoms with van der Waals surface area (Å²) in [5, 5.41) is 22.6. The van der Waals surface area contributed by atoms with Crippen LogP contribution in [0.15, 0.2) is 146 Å². The van der Waals surface area contributed by atoms with Crippen LogP contribution >= 0.6 is 34.8 Å². The van der Waals surface area contributed by atoms with Gasteiger partial charge < -0.3 is 45.2 Å². The number of hydrogen-bond donors (Lipinski definition) is 4. The summed E-state index contributed by atoms with van der Waals surface area (Å²) in [6, 6.07) is 49.1. The van der Waals surface area contributed by atoms with Gasteiger partial charge in [0.2, 0.25) is 0 Å². The fourth-order valence-corrected chi connectivity index (χ4v) is 22.3. The lowest BCUT2D eigenvalue weighted by atomic mass is 9.97. The number of nitrogens with one attached hydrogen (secondary N) is 3. The summed E-state index contributed by atoms with van der Waals surface area (Å²) in [5.74, 6) is 3.84. The fourth-order valence-electron chi connectivity index (χ4n) is 21.9. The number of phenols is 1. The molecule has 0 bridgehead atoms. The third kappa shape index (κ3) is 44.7. The van der Waals surface area contributed by atoms with E-state index in [1.54, 1.807) is 36.3 Å². The molecule has 9 aliphatic rings. The number of methoxy groups -OCH3 is 1. The van der Waals surface area contributed by atoms with Crippen molar-refractivity contribution in [2.24, 2.45) is 23.7 Å². The first-order valence-corrected chi connectivity index (χ1v) is 56.3. The lowest BCUT2D eigenvalue weighted by molar-refractivity contribution is -0.144. The zero-order valence-electron chi connectivity index (χ0n) is 94.3. The van der Waals surface area contributed by atoms with Gasteiger partial charge >= 0.3 is 12.4 Å². The van der Waals surface area contributed by atoms with Crippen molar-refractivity contribution >= 4 is 34.8 Å². The fraction of sp³-hybridized carbons (Fsp3) is 0.700. The van der Waals surface area contributed by atoms with Crippen LogP contribution in [0.3, 0.4) is 0 Å². The first-order valence-electron chi connectivity index (χ1n) is 55.1. The van der Waals surface area contributed by atoms with Crippen molar-refractivity contribution in [1.29, 1.82) is 0 Å². The third-order valence-corrected chi connectivity index (χ3v) is 32.6. The first kappa shape index (κ1) is 124. The van der Waals surface area contributed by atoms with Crippen LogP contribution in [0.4, 0.5) is 26.3 Å². The van der Waals surface area contributed by atoms with Gasteiger partial charge in [0.1, 0.15) is 11.5 Å². The monoisotopic (exact) mass is 2100 g/mol. The molecule has 0 spiro atoms. The molecule has 4 N–H and O–H groups in total. The van der Waals surface area contributed by atoms with Crippen molar-refractivity contribution in [1.82, 2.24) is 69.8 Å². The maximum Gasteiger partial charge on any atom is 0.416 e.